The summed E-state index contributed by atoms with van der Waals surface area (Å²) < 4.78 is 5.32. The number of nitrogens with two attached hydrogens (primary N) is 1. The van der Waals surface area contributed by atoms with Gasteiger partial charge in [0.05, 0.1) is 18.9 Å². The first-order chi connectivity index (χ1) is 11.8. The number of anilines is 1. The summed E-state index contributed by atoms with van der Waals surface area (Å²) in [6.45, 7) is 4.12. The Kier molecular flexibility index (Phi) is 8.25. The van der Waals surface area contributed by atoms with E-state index in [9.17, 15) is 14.4 Å². The van der Waals surface area contributed by atoms with Gasteiger partial charge in [0.1, 0.15) is 5.75 Å². The smallest absolute Gasteiger partial charge is 0.319 e. The van der Waals surface area contributed by atoms with E-state index in [0.717, 1.165) is 0 Å². The predicted octanol–water partition coefficient (Wildman–Crippen LogP) is 1.81. The Morgan fingerprint density at radius 3 is 2.36 bits per heavy atom. The average molecular weight is 351 g/mol. The standard InChI is InChI=1S/C17H25N3O5/c1-11(2)9-12(16(22)23)10-19-17(24)20-13-3-5-14(6-4-13)25-8-7-15(18)21/h3-6,11-12H,7-10H2,1-2H3,(H2,18,21)(H,22,23)(H2,19,20,24). The van der Waals surface area contributed by atoms with Crippen molar-refractivity contribution < 1.29 is 24.2 Å². The molecule has 0 bridgehead atoms. The lowest BCUT2D eigenvalue weighted by Crippen LogP contribution is -2.36. The molecule has 0 aliphatic carbocycles. The summed E-state index contributed by atoms with van der Waals surface area (Å²) in [6, 6.07) is 6.10. The molecule has 8 nitrogen and oxygen atoms in total. The van der Waals surface area contributed by atoms with Gasteiger partial charge in [-0.3, -0.25) is 9.59 Å². The first kappa shape index (κ1) is 20.3. The summed E-state index contributed by atoms with van der Waals surface area (Å²) in [5, 5.41) is 14.3. The van der Waals surface area contributed by atoms with Crippen LogP contribution in [0.1, 0.15) is 26.7 Å². The lowest BCUT2D eigenvalue weighted by Gasteiger charge is -2.15. The van der Waals surface area contributed by atoms with Gasteiger partial charge in [0, 0.05) is 12.2 Å². The van der Waals surface area contributed by atoms with E-state index < -0.39 is 23.8 Å². The van der Waals surface area contributed by atoms with E-state index in [2.05, 4.69) is 10.6 Å². The molecule has 25 heavy (non-hydrogen) atoms. The topological polar surface area (TPSA) is 131 Å². The molecule has 0 aliphatic rings. The summed E-state index contributed by atoms with van der Waals surface area (Å²) in [5.74, 6) is -1.20. The molecule has 0 heterocycles. The third-order valence-electron chi connectivity index (χ3n) is 3.34. The van der Waals surface area contributed by atoms with Crippen molar-refractivity contribution in [1.82, 2.24) is 5.32 Å². The van der Waals surface area contributed by atoms with Gasteiger partial charge in [-0.15, -0.1) is 0 Å². The Morgan fingerprint density at radius 1 is 1.20 bits per heavy atom. The van der Waals surface area contributed by atoms with Crippen LogP contribution in [0.25, 0.3) is 0 Å². The molecule has 1 rings (SSSR count). The number of nitrogens with one attached hydrogen (secondary N) is 2. The number of primary amides is 1. The van der Waals surface area contributed by atoms with Gasteiger partial charge < -0.3 is 26.2 Å². The van der Waals surface area contributed by atoms with Crippen molar-refractivity contribution in [3.8, 4) is 5.75 Å². The van der Waals surface area contributed by atoms with Crippen molar-refractivity contribution >= 4 is 23.6 Å². The van der Waals surface area contributed by atoms with E-state index in [4.69, 9.17) is 15.6 Å². The highest BCUT2D eigenvalue weighted by Crippen LogP contribution is 2.16. The first-order valence-electron chi connectivity index (χ1n) is 8.06. The predicted molar refractivity (Wildman–Crippen MR) is 93.4 cm³/mol. The van der Waals surface area contributed by atoms with Gasteiger partial charge in [0.25, 0.3) is 0 Å². The number of carbonyl (C=O) groups excluding carboxylic acids is 2. The average Bonchev–Trinajstić information content (AvgIpc) is 2.52. The van der Waals surface area contributed by atoms with Crippen molar-refractivity contribution in [2.45, 2.75) is 26.7 Å². The minimum Gasteiger partial charge on any atom is -0.493 e. The van der Waals surface area contributed by atoms with Gasteiger partial charge in [-0.25, -0.2) is 4.79 Å². The molecule has 1 atom stereocenters. The van der Waals surface area contributed by atoms with Crippen molar-refractivity contribution in [3.63, 3.8) is 0 Å². The number of ether oxygens (including phenoxy) is 1. The maximum absolute atomic E-state index is 11.9. The fraction of sp³-hybridized carbons (Fsp3) is 0.471. The van der Waals surface area contributed by atoms with Crippen molar-refractivity contribution in [2.75, 3.05) is 18.5 Å². The van der Waals surface area contributed by atoms with E-state index in [1.807, 2.05) is 13.8 Å². The summed E-state index contributed by atoms with van der Waals surface area (Å²) in [5.41, 5.74) is 5.56. The molecule has 0 aromatic heterocycles. The number of rotatable bonds is 10. The summed E-state index contributed by atoms with van der Waals surface area (Å²) >= 11 is 0. The molecule has 0 radical (unpaired) electrons. The van der Waals surface area contributed by atoms with Crippen LogP contribution in [0.15, 0.2) is 24.3 Å². The molecule has 3 amide bonds. The second kappa shape index (κ2) is 10.2. The van der Waals surface area contributed by atoms with E-state index in [-0.39, 0.29) is 25.5 Å². The zero-order chi connectivity index (χ0) is 18.8. The minimum absolute atomic E-state index is 0.0632. The van der Waals surface area contributed by atoms with Gasteiger partial charge in [-0.2, -0.15) is 0 Å². The highest BCUT2D eigenvalue weighted by molar-refractivity contribution is 5.89. The van der Waals surface area contributed by atoms with Crippen LogP contribution in [-0.2, 0) is 9.59 Å². The molecule has 0 fully saturated rings. The monoisotopic (exact) mass is 351 g/mol. The maximum Gasteiger partial charge on any atom is 0.319 e. The number of carboxylic acid groups (broad SMARTS) is 1. The van der Waals surface area contributed by atoms with Crippen LogP contribution in [0.4, 0.5) is 10.5 Å². The molecular formula is C17H25N3O5. The quantitative estimate of drug-likeness (QED) is 0.510. The third-order valence-corrected chi connectivity index (χ3v) is 3.34. The summed E-state index contributed by atoms with van der Waals surface area (Å²) in [4.78, 5) is 33.6. The molecule has 0 saturated carbocycles. The zero-order valence-corrected chi connectivity index (χ0v) is 14.5. The Bertz CT molecular complexity index is 586. The lowest BCUT2D eigenvalue weighted by atomic mass is 9.97. The van der Waals surface area contributed by atoms with Crippen molar-refractivity contribution in [3.05, 3.63) is 24.3 Å². The number of carbonyl (C=O) groups is 3. The van der Waals surface area contributed by atoms with Gasteiger partial charge in [0.2, 0.25) is 5.91 Å². The second-order valence-corrected chi connectivity index (χ2v) is 6.09. The molecule has 0 aliphatic heterocycles. The molecule has 5 N–H and O–H groups in total. The molecule has 1 unspecified atom stereocenters. The number of urea groups is 1. The third kappa shape index (κ3) is 8.59. The van der Waals surface area contributed by atoms with Crippen LogP contribution in [0.5, 0.6) is 5.75 Å². The molecule has 0 saturated heterocycles. The Hall–Kier alpha value is -2.77. The summed E-state index contributed by atoms with van der Waals surface area (Å²) in [7, 11) is 0. The molecule has 0 spiro atoms. The molecule has 1 aromatic carbocycles. The number of aliphatic carboxylic acids is 1. The number of benzene rings is 1. The zero-order valence-electron chi connectivity index (χ0n) is 14.5. The van der Waals surface area contributed by atoms with Gasteiger partial charge in [-0.05, 0) is 36.6 Å². The highest BCUT2D eigenvalue weighted by Gasteiger charge is 2.19. The first-order valence-corrected chi connectivity index (χ1v) is 8.06. The lowest BCUT2D eigenvalue weighted by molar-refractivity contribution is -0.142. The van der Waals surface area contributed by atoms with Crippen molar-refractivity contribution in [1.29, 1.82) is 0 Å². The SMILES string of the molecule is CC(C)CC(CNC(=O)Nc1ccc(OCCC(N)=O)cc1)C(=O)O. The fourth-order valence-corrected chi connectivity index (χ4v) is 2.14. The number of carboxylic acids is 1. The Labute approximate surface area is 146 Å². The van der Waals surface area contributed by atoms with E-state index >= 15 is 0 Å². The van der Waals surface area contributed by atoms with Crippen LogP contribution in [-0.4, -0.2) is 36.2 Å². The molecular weight excluding hydrogens is 326 g/mol. The number of hydrogen-bond acceptors (Lipinski definition) is 4. The largest absolute Gasteiger partial charge is 0.493 e. The summed E-state index contributed by atoms with van der Waals surface area (Å²) in [6.07, 6.45) is 0.622. The Morgan fingerprint density at radius 2 is 1.84 bits per heavy atom. The van der Waals surface area contributed by atoms with Crippen LogP contribution in [0, 0.1) is 11.8 Å². The van der Waals surface area contributed by atoms with Gasteiger partial charge >= 0.3 is 12.0 Å². The van der Waals surface area contributed by atoms with Crippen LogP contribution in [0.2, 0.25) is 0 Å². The Balaban J connectivity index is 2.43. The van der Waals surface area contributed by atoms with Crippen LogP contribution in [0.3, 0.4) is 0 Å². The molecule has 1 aromatic rings. The number of hydrogen-bond donors (Lipinski definition) is 4. The second-order valence-electron chi connectivity index (χ2n) is 6.09. The number of amides is 3. The van der Waals surface area contributed by atoms with Crippen LogP contribution < -0.4 is 21.1 Å². The van der Waals surface area contributed by atoms with Crippen LogP contribution >= 0.6 is 0 Å². The molecule has 8 heteroatoms. The highest BCUT2D eigenvalue weighted by atomic mass is 16.5. The van der Waals surface area contributed by atoms with Gasteiger partial charge in [0.15, 0.2) is 0 Å². The molecule has 138 valence electrons. The van der Waals surface area contributed by atoms with E-state index in [1.165, 1.54) is 0 Å². The van der Waals surface area contributed by atoms with Gasteiger partial charge in [-0.1, -0.05) is 13.8 Å². The van der Waals surface area contributed by atoms with Crippen molar-refractivity contribution in [2.24, 2.45) is 17.6 Å². The minimum atomic E-state index is -0.925. The fourth-order valence-electron chi connectivity index (χ4n) is 2.14. The van der Waals surface area contributed by atoms with E-state index in [0.29, 0.717) is 17.9 Å². The maximum atomic E-state index is 11.9. The normalized spacial score (nSPS) is 11.6. The van der Waals surface area contributed by atoms with E-state index in [1.54, 1.807) is 24.3 Å².